The van der Waals surface area contributed by atoms with Crippen LogP contribution in [0, 0.1) is 43.3 Å². The van der Waals surface area contributed by atoms with E-state index in [9.17, 15) is 8.78 Å². The quantitative estimate of drug-likeness (QED) is 0.211. The van der Waals surface area contributed by atoms with Crippen LogP contribution in [0.2, 0.25) is 0 Å². The standard InChI is InChI=1S/2C10H8FN2.C8H7N4.Ir/c2*1-12-6-7-13(8-12)10-4-2-9(11)3-5-10;1-6-10-8(12-11-6)7-4-2-3-5-9-7;/h2*2-4,6-7H,1H3;2-5H,1H3;/q3*-1;. The average Bonchev–Trinajstić information content (AvgIpc) is 3.68. The van der Waals surface area contributed by atoms with E-state index in [1.807, 2.05) is 57.1 Å². The smallest absolute Gasteiger partial charge is 0.241 e. The first kappa shape index (κ1) is 29.2. The summed E-state index contributed by atoms with van der Waals surface area (Å²) in [5.74, 6) is 0.712. The predicted molar refractivity (Wildman–Crippen MR) is 132 cm³/mol. The van der Waals surface area contributed by atoms with Gasteiger partial charge >= 0.3 is 0 Å². The fourth-order valence-electron chi connectivity index (χ4n) is 3.09. The number of pyridine rings is 1. The molecule has 0 spiro atoms. The summed E-state index contributed by atoms with van der Waals surface area (Å²) in [6.45, 7) is 1.80. The molecule has 39 heavy (non-hydrogen) atoms. The van der Waals surface area contributed by atoms with Gasteiger partial charge in [-0.05, 0) is 24.9 Å². The normalized spacial score (nSPS) is 9.97. The van der Waals surface area contributed by atoms with E-state index in [2.05, 4.69) is 45.0 Å². The predicted octanol–water partition coefficient (Wildman–Crippen LogP) is 2.88. The van der Waals surface area contributed by atoms with Gasteiger partial charge in [0.15, 0.2) is 0 Å². The molecule has 0 bridgehead atoms. The topological polar surface area (TPSA) is 70.4 Å². The molecule has 8 nitrogen and oxygen atoms in total. The molecule has 0 fully saturated rings. The number of aryl methyl sites for hydroxylation is 3. The van der Waals surface area contributed by atoms with Gasteiger partial charge in [0.2, 0.25) is 12.7 Å². The molecule has 4 heterocycles. The van der Waals surface area contributed by atoms with Gasteiger partial charge in [-0.3, -0.25) is 18.9 Å². The zero-order valence-corrected chi connectivity index (χ0v) is 23.6. The summed E-state index contributed by atoms with van der Waals surface area (Å²) in [7, 11) is 3.75. The van der Waals surface area contributed by atoms with Crippen LogP contribution in [0.3, 0.4) is 0 Å². The maximum absolute atomic E-state index is 12.6. The molecule has 0 aliphatic rings. The van der Waals surface area contributed by atoms with E-state index in [-0.39, 0.29) is 31.7 Å². The summed E-state index contributed by atoms with van der Waals surface area (Å²) < 4.78 is 32.2. The summed E-state index contributed by atoms with van der Waals surface area (Å²) in [6, 6.07) is 20.0. The summed E-state index contributed by atoms with van der Waals surface area (Å²) in [4.78, 5) is 8.19. The molecule has 0 unspecified atom stereocenters. The third-order valence-corrected chi connectivity index (χ3v) is 4.90. The Morgan fingerprint density at radius 3 is 1.74 bits per heavy atom. The van der Waals surface area contributed by atoms with Gasteiger partial charge < -0.3 is 28.4 Å². The Morgan fingerprint density at radius 1 is 0.821 bits per heavy atom. The largest absolute Gasteiger partial charge is 0.421 e. The van der Waals surface area contributed by atoms with E-state index in [0.717, 1.165) is 17.1 Å². The van der Waals surface area contributed by atoms with Gasteiger partial charge in [-0.1, -0.05) is 17.4 Å². The SMILES string of the molecule is C[n+]1[c-]n(-c2[c-]cc(F)cc2)cc1.C[n+]1[c-]n(-c2[c-]cc(F)cc2)cc1.Cc1n[n-]c(-c2ccccn2)n1.[Ir]. The van der Waals surface area contributed by atoms with Crippen molar-refractivity contribution in [2.24, 2.45) is 14.1 Å². The molecule has 0 saturated heterocycles. The zero-order valence-electron chi connectivity index (χ0n) is 21.2. The van der Waals surface area contributed by atoms with E-state index in [0.29, 0.717) is 11.6 Å². The Bertz CT molecular complexity index is 1480. The molecule has 4 aromatic heterocycles. The minimum atomic E-state index is -0.278. The van der Waals surface area contributed by atoms with Crippen LogP contribution >= 0.6 is 0 Å². The number of imidazole rings is 2. The molecule has 0 atom stereocenters. The van der Waals surface area contributed by atoms with Crippen molar-refractivity contribution in [3.05, 3.63) is 128 Å². The molecule has 2 aromatic carbocycles. The van der Waals surface area contributed by atoms with Crippen LogP contribution in [0.15, 0.2) is 85.6 Å². The van der Waals surface area contributed by atoms with E-state index in [1.165, 1.54) is 24.3 Å². The number of halogens is 2. The molecular weight excluding hydrogens is 679 g/mol. The Balaban J connectivity index is 0.000000160. The van der Waals surface area contributed by atoms with Crippen LogP contribution in [-0.2, 0) is 34.2 Å². The Morgan fingerprint density at radius 2 is 1.38 bits per heavy atom. The second-order valence-electron chi connectivity index (χ2n) is 7.94. The first-order valence-corrected chi connectivity index (χ1v) is 11.4. The number of hydrogen-bond acceptors (Lipinski definition) is 3. The van der Waals surface area contributed by atoms with Crippen molar-refractivity contribution in [3.63, 3.8) is 0 Å². The van der Waals surface area contributed by atoms with Crippen LogP contribution in [0.1, 0.15) is 5.82 Å². The van der Waals surface area contributed by atoms with Gasteiger partial charge in [0.05, 0.1) is 19.8 Å². The maximum atomic E-state index is 12.6. The van der Waals surface area contributed by atoms with E-state index in [1.54, 1.807) is 43.5 Å². The van der Waals surface area contributed by atoms with E-state index >= 15 is 0 Å². The van der Waals surface area contributed by atoms with Gasteiger partial charge in [-0.25, -0.2) is 0 Å². The minimum Gasteiger partial charge on any atom is -0.421 e. The van der Waals surface area contributed by atoms with Crippen molar-refractivity contribution in [2.75, 3.05) is 0 Å². The van der Waals surface area contributed by atoms with Gasteiger partial charge in [-0.2, -0.15) is 24.3 Å². The van der Waals surface area contributed by atoms with Crippen LogP contribution in [0.5, 0.6) is 0 Å². The van der Waals surface area contributed by atoms with E-state index < -0.39 is 0 Å². The molecule has 201 valence electrons. The van der Waals surface area contributed by atoms with Crippen molar-refractivity contribution in [1.29, 1.82) is 0 Å². The molecule has 0 amide bonds. The summed E-state index contributed by atoms with van der Waals surface area (Å²) in [5.41, 5.74) is 2.32. The minimum absolute atomic E-state index is 0. The number of nitrogens with zero attached hydrogens (tertiary/aromatic N) is 8. The van der Waals surface area contributed by atoms with Crippen molar-refractivity contribution in [3.8, 4) is 22.9 Å². The molecule has 0 aliphatic carbocycles. The Kier molecular flexibility index (Phi) is 10.5. The van der Waals surface area contributed by atoms with Gasteiger partial charge in [-0.15, -0.1) is 24.3 Å². The monoisotopic (exact) mass is 702 g/mol. The fourth-order valence-corrected chi connectivity index (χ4v) is 3.09. The van der Waals surface area contributed by atoms with Crippen LogP contribution in [0.4, 0.5) is 8.78 Å². The number of rotatable bonds is 3. The Hall–Kier alpha value is -4.34. The van der Waals surface area contributed by atoms with Gasteiger partial charge in [0.25, 0.3) is 0 Å². The fraction of sp³-hybridized carbons (Fsp3) is 0.107. The number of benzene rings is 2. The molecule has 6 rings (SSSR count). The van der Waals surface area contributed by atoms with Crippen molar-refractivity contribution < 1.29 is 38.0 Å². The summed E-state index contributed by atoms with van der Waals surface area (Å²) >= 11 is 0. The van der Waals surface area contributed by atoms with Crippen molar-refractivity contribution in [2.45, 2.75) is 6.92 Å². The molecule has 1 radical (unpaired) electrons. The third kappa shape index (κ3) is 8.59. The first-order valence-electron chi connectivity index (χ1n) is 11.4. The first-order chi connectivity index (χ1) is 18.4. The molecular formula is C28H23F2IrN8-3. The number of hydrogen-bond donors (Lipinski definition) is 0. The van der Waals surface area contributed by atoms with Crippen LogP contribution < -0.4 is 14.2 Å². The molecule has 0 N–H and O–H groups in total. The maximum Gasteiger partial charge on any atom is 0.241 e. The van der Waals surface area contributed by atoms with Crippen molar-refractivity contribution in [1.82, 2.24) is 29.3 Å². The van der Waals surface area contributed by atoms with E-state index in [4.69, 9.17) is 0 Å². The summed E-state index contributed by atoms with van der Waals surface area (Å²) in [5, 5.41) is 7.65. The Labute approximate surface area is 238 Å². The van der Waals surface area contributed by atoms with Crippen LogP contribution in [-0.4, -0.2) is 24.2 Å². The average molecular weight is 702 g/mol. The summed E-state index contributed by atoms with van der Waals surface area (Å²) in [6.07, 6.45) is 15.1. The molecule has 6 aromatic rings. The zero-order chi connectivity index (χ0) is 26.9. The molecule has 0 saturated carbocycles. The van der Waals surface area contributed by atoms with Gasteiger partial charge in [0, 0.05) is 68.5 Å². The number of aromatic nitrogens is 8. The van der Waals surface area contributed by atoms with Gasteiger partial charge in [0.1, 0.15) is 0 Å². The van der Waals surface area contributed by atoms with Crippen molar-refractivity contribution >= 4 is 0 Å². The third-order valence-electron chi connectivity index (χ3n) is 4.90. The second kappa shape index (κ2) is 14.0. The molecule has 11 heteroatoms. The van der Waals surface area contributed by atoms with Crippen LogP contribution in [0.25, 0.3) is 22.9 Å². The second-order valence-corrected chi connectivity index (χ2v) is 7.94. The molecule has 0 aliphatic heterocycles.